The molecule has 3 aromatic carbocycles. The van der Waals surface area contributed by atoms with Crippen LogP contribution in [0.25, 0.3) is 22.0 Å². The van der Waals surface area contributed by atoms with Crippen LogP contribution in [0.4, 0.5) is 0 Å². The largest absolute Gasteiger partial charge is 0.496 e. The molecule has 5 aromatic rings. The number of carbonyl (C=O) groups excluding carboxylic acids is 1. The Morgan fingerprint density at radius 2 is 1.86 bits per heavy atom. The highest BCUT2D eigenvalue weighted by molar-refractivity contribution is 5.83. The summed E-state index contributed by atoms with van der Waals surface area (Å²) >= 11 is 0. The molecule has 2 heterocycles. The Hall–Kier alpha value is -4.39. The van der Waals surface area contributed by atoms with Crippen LogP contribution in [-0.4, -0.2) is 23.0 Å². The number of aryl methyl sites for hydroxylation is 2. The molecule has 1 unspecified atom stereocenters. The first-order valence-electron chi connectivity index (χ1n) is 11.9. The lowest BCUT2D eigenvalue weighted by Crippen LogP contribution is -2.31. The normalized spacial score (nSPS) is 12.1. The summed E-state index contributed by atoms with van der Waals surface area (Å²) in [6.07, 6.45) is 1.36. The summed E-state index contributed by atoms with van der Waals surface area (Å²) in [5.74, 6) is 1.22. The van der Waals surface area contributed by atoms with Crippen molar-refractivity contribution < 1.29 is 13.9 Å². The number of methoxy groups -OCH3 is 1. The summed E-state index contributed by atoms with van der Waals surface area (Å²) in [7, 11) is 1.57. The first kappa shape index (κ1) is 23.4. The third kappa shape index (κ3) is 5.00. The fourth-order valence-corrected chi connectivity index (χ4v) is 4.49. The molecule has 0 saturated heterocycles. The molecule has 0 bridgehead atoms. The van der Waals surface area contributed by atoms with Crippen molar-refractivity contribution in [2.24, 2.45) is 0 Å². The second kappa shape index (κ2) is 10.1. The zero-order chi connectivity index (χ0) is 25.1. The summed E-state index contributed by atoms with van der Waals surface area (Å²) in [6, 6.07) is 22.7. The molecule has 5 rings (SSSR count). The smallest absolute Gasteiger partial charge is 0.336 e. The summed E-state index contributed by atoms with van der Waals surface area (Å²) in [5, 5.41) is 4.00. The van der Waals surface area contributed by atoms with E-state index >= 15 is 0 Å². The maximum absolute atomic E-state index is 13.1. The van der Waals surface area contributed by atoms with Crippen molar-refractivity contribution >= 4 is 27.9 Å². The van der Waals surface area contributed by atoms with Crippen LogP contribution in [0.15, 0.2) is 82.0 Å². The summed E-state index contributed by atoms with van der Waals surface area (Å²) in [4.78, 5) is 33.0. The maximum Gasteiger partial charge on any atom is 0.336 e. The van der Waals surface area contributed by atoms with Crippen LogP contribution >= 0.6 is 0 Å². The fraction of sp³-hybridized carbons (Fsp3) is 0.207. The van der Waals surface area contributed by atoms with E-state index in [9.17, 15) is 9.59 Å². The molecule has 0 aliphatic heterocycles. The number of para-hydroxylation sites is 2. The Labute approximate surface area is 208 Å². The van der Waals surface area contributed by atoms with Crippen molar-refractivity contribution in [2.75, 3.05) is 7.11 Å². The van der Waals surface area contributed by atoms with Gasteiger partial charge in [0, 0.05) is 23.9 Å². The highest BCUT2D eigenvalue weighted by Gasteiger charge is 2.20. The van der Waals surface area contributed by atoms with Gasteiger partial charge in [-0.3, -0.25) is 4.79 Å². The molecular formula is C29H27N3O4. The van der Waals surface area contributed by atoms with Crippen molar-refractivity contribution in [3.8, 4) is 5.75 Å². The van der Waals surface area contributed by atoms with E-state index in [2.05, 4.69) is 10.3 Å². The predicted octanol–water partition coefficient (Wildman–Crippen LogP) is 5.02. The van der Waals surface area contributed by atoms with E-state index in [1.165, 1.54) is 6.07 Å². The first-order valence-corrected chi connectivity index (χ1v) is 11.9. The SMILES string of the molecule is COc1cc2oc(=O)cc(C)c2cc1CCC(=O)NC(Cc1ccccc1)c1nc2ccccc2[nH]1. The summed E-state index contributed by atoms with van der Waals surface area (Å²) in [5.41, 5.74) is 4.67. The van der Waals surface area contributed by atoms with Crippen LogP contribution in [0, 0.1) is 6.92 Å². The molecule has 7 nitrogen and oxygen atoms in total. The van der Waals surface area contributed by atoms with Crippen molar-refractivity contribution in [2.45, 2.75) is 32.2 Å². The van der Waals surface area contributed by atoms with Crippen molar-refractivity contribution in [1.29, 1.82) is 0 Å². The number of carbonyl (C=O) groups is 1. The average Bonchev–Trinajstić information content (AvgIpc) is 3.32. The number of hydrogen-bond donors (Lipinski definition) is 2. The number of rotatable bonds is 8. The highest BCUT2D eigenvalue weighted by atomic mass is 16.5. The molecule has 36 heavy (non-hydrogen) atoms. The number of nitrogens with zero attached hydrogens (tertiary/aromatic N) is 1. The molecule has 2 aromatic heterocycles. The van der Waals surface area contributed by atoms with E-state index in [1.54, 1.807) is 13.2 Å². The van der Waals surface area contributed by atoms with Crippen molar-refractivity contribution in [1.82, 2.24) is 15.3 Å². The molecule has 0 saturated carbocycles. The molecular weight excluding hydrogens is 454 g/mol. The van der Waals surface area contributed by atoms with Gasteiger partial charge in [0.25, 0.3) is 0 Å². The monoisotopic (exact) mass is 481 g/mol. The fourth-order valence-electron chi connectivity index (χ4n) is 4.49. The number of ether oxygens (including phenoxy) is 1. The lowest BCUT2D eigenvalue weighted by molar-refractivity contribution is -0.121. The van der Waals surface area contributed by atoms with E-state index in [0.29, 0.717) is 24.2 Å². The zero-order valence-electron chi connectivity index (χ0n) is 20.2. The Morgan fingerprint density at radius 1 is 1.08 bits per heavy atom. The highest BCUT2D eigenvalue weighted by Crippen LogP contribution is 2.28. The van der Waals surface area contributed by atoms with Gasteiger partial charge in [-0.25, -0.2) is 9.78 Å². The predicted molar refractivity (Wildman–Crippen MR) is 139 cm³/mol. The van der Waals surface area contributed by atoms with Crippen LogP contribution < -0.4 is 15.7 Å². The second-order valence-corrected chi connectivity index (χ2v) is 8.86. The summed E-state index contributed by atoms with van der Waals surface area (Å²) < 4.78 is 10.8. The minimum absolute atomic E-state index is 0.0881. The van der Waals surface area contributed by atoms with Crippen LogP contribution in [0.2, 0.25) is 0 Å². The van der Waals surface area contributed by atoms with Crippen LogP contribution in [0.5, 0.6) is 5.75 Å². The van der Waals surface area contributed by atoms with E-state index in [-0.39, 0.29) is 18.4 Å². The average molecular weight is 482 g/mol. The molecule has 0 fully saturated rings. The molecule has 0 aliphatic rings. The third-order valence-corrected chi connectivity index (χ3v) is 6.33. The van der Waals surface area contributed by atoms with Gasteiger partial charge in [0.1, 0.15) is 17.2 Å². The van der Waals surface area contributed by atoms with Gasteiger partial charge in [-0.2, -0.15) is 0 Å². The van der Waals surface area contributed by atoms with Crippen molar-refractivity contribution in [3.05, 3.63) is 106 Å². The second-order valence-electron chi connectivity index (χ2n) is 8.86. The van der Waals surface area contributed by atoms with Gasteiger partial charge in [-0.15, -0.1) is 0 Å². The number of nitrogens with one attached hydrogen (secondary N) is 2. The van der Waals surface area contributed by atoms with Gasteiger partial charge in [0.2, 0.25) is 5.91 Å². The van der Waals surface area contributed by atoms with Gasteiger partial charge < -0.3 is 19.5 Å². The minimum atomic E-state index is -0.399. The quantitative estimate of drug-likeness (QED) is 0.303. The molecule has 1 amide bonds. The van der Waals surface area contributed by atoms with E-state index in [4.69, 9.17) is 14.1 Å². The number of H-pyrrole nitrogens is 1. The Morgan fingerprint density at radius 3 is 2.64 bits per heavy atom. The number of aromatic amines is 1. The number of benzene rings is 3. The molecule has 0 radical (unpaired) electrons. The van der Waals surface area contributed by atoms with Gasteiger partial charge in [-0.05, 0) is 54.7 Å². The first-order chi connectivity index (χ1) is 17.5. The number of imidazole rings is 1. The topological polar surface area (TPSA) is 97.2 Å². The van der Waals surface area contributed by atoms with Crippen LogP contribution in [-0.2, 0) is 17.6 Å². The standard InChI is InChI=1S/C29H27N3O4/c1-18-14-28(34)36-26-17-25(35-2)20(16-21(18)26)12-13-27(33)30-24(15-19-8-4-3-5-9-19)29-31-22-10-6-7-11-23(22)32-29/h3-11,14,16-17,24H,12-13,15H2,1-2H3,(H,30,33)(H,31,32). The third-order valence-electron chi connectivity index (χ3n) is 6.33. The van der Waals surface area contributed by atoms with Gasteiger partial charge in [0.15, 0.2) is 0 Å². The van der Waals surface area contributed by atoms with Gasteiger partial charge in [-0.1, -0.05) is 42.5 Å². The van der Waals surface area contributed by atoms with Crippen LogP contribution in [0.1, 0.15) is 35.0 Å². The molecule has 0 aliphatic carbocycles. The maximum atomic E-state index is 13.1. The molecule has 0 spiro atoms. The number of aromatic nitrogens is 2. The Bertz CT molecular complexity index is 1550. The number of amides is 1. The zero-order valence-corrected chi connectivity index (χ0v) is 20.2. The molecule has 2 N–H and O–H groups in total. The number of hydrogen-bond acceptors (Lipinski definition) is 5. The summed E-state index contributed by atoms with van der Waals surface area (Å²) in [6.45, 7) is 1.86. The lowest BCUT2D eigenvalue weighted by Gasteiger charge is -2.17. The lowest BCUT2D eigenvalue weighted by atomic mass is 10.0. The molecule has 1 atom stereocenters. The van der Waals surface area contributed by atoms with Crippen molar-refractivity contribution in [3.63, 3.8) is 0 Å². The molecule has 7 heteroatoms. The Balaban J connectivity index is 1.37. The van der Waals surface area contributed by atoms with Gasteiger partial charge in [0.05, 0.1) is 24.2 Å². The number of fused-ring (bicyclic) bond motifs is 2. The van der Waals surface area contributed by atoms with E-state index in [0.717, 1.165) is 38.9 Å². The van der Waals surface area contributed by atoms with Gasteiger partial charge >= 0.3 is 5.63 Å². The minimum Gasteiger partial charge on any atom is -0.496 e. The molecule has 182 valence electrons. The van der Waals surface area contributed by atoms with Crippen LogP contribution in [0.3, 0.4) is 0 Å². The van der Waals surface area contributed by atoms with E-state index < -0.39 is 5.63 Å². The van der Waals surface area contributed by atoms with E-state index in [1.807, 2.05) is 67.6 Å². The Kier molecular flexibility index (Phi) is 6.54.